The molecule has 1 unspecified atom stereocenters. The molecule has 0 amide bonds. The van der Waals surface area contributed by atoms with Crippen LogP contribution in [0.4, 0.5) is 5.69 Å². The van der Waals surface area contributed by atoms with E-state index >= 15 is 0 Å². The van der Waals surface area contributed by atoms with E-state index in [9.17, 15) is 4.79 Å². The third-order valence-corrected chi connectivity index (χ3v) is 5.88. The molecule has 0 saturated heterocycles. The zero-order valence-electron chi connectivity index (χ0n) is 15.4. The maximum absolute atomic E-state index is 13.0. The van der Waals surface area contributed by atoms with Crippen LogP contribution in [0.25, 0.3) is 16.0 Å². The van der Waals surface area contributed by atoms with Gasteiger partial charge in [-0.05, 0) is 53.3 Å². The van der Waals surface area contributed by atoms with E-state index in [1.165, 1.54) is 11.1 Å². The van der Waals surface area contributed by atoms with E-state index in [0.29, 0.717) is 23.4 Å². The number of carbonyl (C=O) groups excluding carboxylic acids is 1. The average molecular weight is 365 g/mol. The van der Waals surface area contributed by atoms with Gasteiger partial charge in [0.05, 0.1) is 18.6 Å². The molecule has 28 heavy (non-hydrogen) atoms. The molecule has 2 aliphatic rings. The first-order valence-corrected chi connectivity index (χ1v) is 9.57. The van der Waals surface area contributed by atoms with Crippen molar-refractivity contribution in [3.05, 3.63) is 94.8 Å². The molecule has 3 heteroatoms. The first-order valence-electron chi connectivity index (χ1n) is 9.57. The lowest BCUT2D eigenvalue weighted by atomic mass is 9.75. The fourth-order valence-electron chi connectivity index (χ4n) is 4.44. The molecule has 0 fully saturated rings. The number of ketones is 1. The SMILES string of the molecule is [C-]#[N+]c1cccc(-c2ccc3c(c2)C(=O)CC2(CCc4ccccc4C2)O3)c1. The van der Waals surface area contributed by atoms with Crippen molar-refractivity contribution in [3.63, 3.8) is 0 Å². The number of hydrogen-bond acceptors (Lipinski definition) is 2. The molecular weight excluding hydrogens is 346 g/mol. The van der Waals surface area contributed by atoms with Crippen molar-refractivity contribution in [1.82, 2.24) is 0 Å². The molecule has 0 aromatic heterocycles. The number of rotatable bonds is 1. The van der Waals surface area contributed by atoms with Crippen LogP contribution in [0, 0.1) is 6.57 Å². The summed E-state index contributed by atoms with van der Waals surface area (Å²) >= 11 is 0. The minimum atomic E-state index is -0.427. The van der Waals surface area contributed by atoms with Crippen LogP contribution in [0.2, 0.25) is 0 Å². The highest BCUT2D eigenvalue weighted by molar-refractivity contribution is 6.01. The van der Waals surface area contributed by atoms with Gasteiger partial charge in [0.1, 0.15) is 11.4 Å². The number of ether oxygens (including phenoxy) is 1. The van der Waals surface area contributed by atoms with E-state index in [0.717, 1.165) is 30.4 Å². The van der Waals surface area contributed by atoms with Gasteiger partial charge in [-0.3, -0.25) is 4.79 Å². The molecule has 3 nitrogen and oxygen atoms in total. The normalized spacial score (nSPS) is 20.0. The van der Waals surface area contributed by atoms with Crippen molar-refractivity contribution in [2.45, 2.75) is 31.3 Å². The van der Waals surface area contributed by atoms with Crippen LogP contribution < -0.4 is 4.74 Å². The van der Waals surface area contributed by atoms with Crippen LogP contribution in [-0.4, -0.2) is 11.4 Å². The molecular formula is C25H19NO2. The predicted octanol–water partition coefficient (Wildman–Crippen LogP) is 5.80. The Bertz CT molecular complexity index is 1140. The smallest absolute Gasteiger partial charge is 0.187 e. The second kappa shape index (κ2) is 6.35. The van der Waals surface area contributed by atoms with Gasteiger partial charge in [-0.25, -0.2) is 4.85 Å². The second-order valence-electron chi connectivity index (χ2n) is 7.70. The lowest BCUT2D eigenvalue weighted by Gasteiger charge is -2.41. The Morgan fingerprint density at radius 2 is 1.71 bits per heavy atom. The fraction of sp³-hybridized carbons (Fsp3) is 0.200. The lowest BCUT2D eigenvalue weighted by molar-refractivity contribution is 0.0308. The van der Waals surface area contributed by atoms with Crippen molar-refractivity contribution >= 4 is 11.5 Å². The van der Waals surface area contributed by atoms with Gasteiger partial charge in [-0.2, -0.15) is 0 Å². The molecule has 5 rings (SSSR count). The first kappa shape index (κ1) is 16.8. The summed E-state index contributed by atoms with van der Waals surface area (Å²) in [4.78, 5) is 16.5. The van der Waals surface area contributed by atoms with Crippen LogP contribution in [-0.2, 0) is 12.8 Å². The molecule has 0 bridgehead atoms. The summed E-state index contributed by atoms with van der Waals surface area (Å²) in [5, 5.41) is 0. The summed E-state index contributed by atoms with van der Waals surface area (Å²) in [5.41, 5.74) is 5.35. The Morgan fingerprint density at radius 3 is 2.57 bits per heavy atom. The molecule has 1 atom stereocenters. The molecule has 3 aromatic carbocycles. The van der Waals surface area contributed by atoms with Gasteiger partial charge in [0.15, 0.2) is 11.5 Å². The van der Waals surface area contributed by atoms with Gasteiger partial charge in [0, 0.05) is 6.42 Å². The highest BCUT2D eigenvalue weighted by Gasteiger charge is 2.42. The number of fused-ring (bicyclic) bond motifs is 2. The third kappa shape index (κ3) is 2.78. The van der Waals surface area contributed by atoms with Gasteiger partial charge in [-0.15, -0.1) is 0 Å². The maximum atomic E-state index is 13.0. The molecule has 0 saturated carbocycles. The topological polar surface area (TPSA) is 30.7 Å². The van der Waals surface area contributed by atoms with Crippen LogP contribution in [0.5, 0.6) is 5.75 Å². The van der Waals surface area contributed by atoms with E-state index in [1.807, 2.05) is 36.4 Å². The van der Waals surface area contributed by atoms with Crippen molar-refractivity contribution in [2.24, 2.45) is 0 Å². The number of benzene rings is 3. The largest absolute Gasteiger partial charge is 0.486 e. The Labute approximate surface area is 164 Å². The van der Waals surface area contributed by atoms with Crippen LogP contribution in [0.15, 0.2) is 66.7 Å². The van der Waals surface area contributed by atoms with Gasteiger partial charge >= 0.3 is 0 Å². The number of nitrogens with zero attached hydrogens (tertiary/aromatic N) is 1. The number of hydrogen-bond donors (Lipinski definition) is 0. The summed E-state index contributed by atoms with van der Waals surface area (Å²) in [7, 11) is 0. The minimum absolute atomic E-state index is 0.142. The van der Waals surface area contributed by atoms with E-state index in [4.69, 9.17) is 11.3 Å². The molecule has 136 valence electrons. The van der Waals surface area contributed by atoms with Gasteiger partial charge in [0.25, 0.3) is 0 Å². The predicted molar refractivity (Wildman–Crippen MR) is 109 cm³/mol. The lowest BCUT2D eigenvalue weighted by Crippen LogP contribution is -2.46. The summed E-state index contributed by atoms with van der Waals surface area (Å²) in [6, 6.07) is 21.7. The summed E-state index contributed by atoms with van der Waals surface area (Å²) in [6.45, 7) is 7.20. The average Bonchev–Trinajstić information content (AvgIpc) is 2.73. The van der Waals surface area contributed by atoms with E-state index in [2.05, 4.69) is 29.1 Å². The Balaban J connectivity index is 1.49. The monoisotopic (exact) mass is 365 g/mol. The number of aryl methyl sites for hydroxylation is 1. The van der Waals surface area contributed by atoms with Crippen LogP contribution in [0.1, 0.15) is 34.3 Å². The van der Waals surface area contributed by atoms with Crippen LogP contribution in [0.3, 0.4) is 0 Å². The molecule has 1 aliphatic carbocycles. The summed E-state index contributed by atoms with van der Waals surface area (Å²) < 4.78 is 6.45. The highest BCUT2D eigenvalue weighted by Crippen LogP contribution is 2.42. The molecule has 1 spiro atoms. The van der Waals surface area contributed by atoms with Crippen molar-refractivity contribution in [3.8, 4) is 16.9 Å². The zero-order chi connectivity index (χ0) is 19.1. The summed E-state index contributed by atoms with van der Waals surface area (Å²) in [6.07, 6.45) is 3.01. The first-order chi connectivity index (χ1) is 13.7. The number of carbonyl (C=O) groups is 1. The number of Topliss-reactive ketones (excluding diaryl/α,β-unsaturated/α-hetero) is 1. The van der Waals surface area contributed by atoms with Gasteiger partial charge in [-0.1, -0.05) is 48.5 Å². The molecule has 0 N–H and O–H groups in total. The van der Waals surface area contributed by atoms with E-state index < -0.39 is 5.60 Å². The highest BCUT2D eigenvalue weighted by atomic mass is 16.5. The quantitative estimate of drug-likeness (QED) is 0.511. The van der Waals surface area contributed by atoms with Crippen molar-refractivity contribution < 1.29 is 9.53 Å². The van der Waals surface area contributed by atoms with Crippen molar-refractivity contribution in [2.75, 3.05) is 0 Å². The van der Waals surface area contributed by atoms with Gasteiger partial charge < -0.3 is 4.74 Å². The third-order valence-electron chi connectivity index (χ3n) is 5.88. The Kier molecular flexibility index (Phi) is 3.80. The summed E-state index contributed by atoms with van der Waals surface area (Å²) in [5.74, 6) is 0.824. The second-order valence-corrected chi connectivity index (χ2v) is 7.70. The molecule has 1 heterocycles. The standard InChI is InChI=1S/C25H19NO2/c1-26-21-8-4-7-18(13-21)19-9-10-24-22(14-19)23(27)16-25(28-24)12-11-17-5-2-3-6-20(17)15-25/h2-10,13-14H,11-12,15-16H2. The van der Waals surface area contributed by atoms with Crippen molar-refractivity contribution in [1.29, 1.82) is 0 Å². The molecule has 3 aromatic rings. The van der Waals surface area contributed by atoms with Gasteiger partial charge in [0.2, 0.25) is 0 Å². The maximum Gasteiger partial charge on any atom is 0.187 e. The zero-order valence-corrected chi connectivity index (χ0v) is 15.4. The minimum Gasteiger partial charge on any atom is -0.486 e. The Morgan fingerprint density at radius 1 is 0.893 bits per heavy atom. The fourth-order valence-corrected chi connectivity index (χ4v) is 4.44. The van der Waals surface area contributed by atoms with E-state index in [1.54, 1.807) is 6.07 Å². The van der Waals surface area contributed by atoms with Crippen LogP contribution >= 0.6 is 0 Å². The van der Waals surface area contributed by atoms with E-state index in [-0.39, 0.29) is 5.78 Å². The Hall–Kier alpha value is -3.38. The molecule has 0 radical (unpaired) electrons. The molecule has 1 aliphatic heterocycles.